The second kappa shape index (κ2) is 23.3. The standard InChI is InChI=1S/C43H52N4O10/c1-3-4-31-11-12-39(57-24-23-56-22-21-55-20-19-54-18-17-53-16-15-52-14-13-48)40(30(31)2)41(49)32-5-7-33(8-6-32)42(50)46-37-28-45-29-38(37)47-43(51)34-9-10-35-26-44-27-36(35)25-34/h5-12,25-26,37-38,45,48H,13-24,27-29H2,1-2H3,(H,46,50)(H,47,51)/t37-,38+/m1/s1. The van der Waals surface area contributed by atoms with Gasteiger partial charge in [-0.25, -0.2) is 0 Å². The number of rotatable bonds is 24. The Morgan fingerprint density at radius 2 is 1.28 bits per heavy atom. The van der Waals surface area contributed by atoms with Gasteiger partial charge in [0.15, 0.2) is 5.78 Å². The highest BCUT2D eigenvalue weighted by Gasteiger charge is 2.30. The molecule has 0 unspecified atom stereocenters. The average molecular weight is 785 g/mol. The molecule has 0 aliphatic carbocycles. The Morgan fingerprint density at radius 1 is 0.737 bits per heavy atom. The topological polar surface area (TPSA) is 175 Å². The Balaban J connectivity index is 1.06. The predicted octanol–water partition coefficient (Wildman–Crippen LogP) is 2.48. The van der Waals surface area contributed by atoms with Crippen LogP contribution in [0.15, 0.2) is 59.6 Å². The zero-order chi connectivity index (χ0) is 40.2. The van der Waals surface area contributed by atoms with Crippen LogP contribution < -0.4 is 20.7 Å². The van der Waals surface area contributed by atoms with Crippen LogP contribution in [0.5, 0.6) is 5.75 Å². The van der Waals surface area contributed by atoms with Gasteiger partial charge in [0, 0.05) is 41.6 Å². The second-order valence-corrected chi connectivity index (χ2v) is 13.2. The number of hydrogen-bond acceptors (Lipinski definition) is 12. The number of aliphatic hydroxyl groups excluding tert-OH is 1. The van der Waals surface area contributed by atoms with Gasteiger partial charge in [0.1, 0.15) is 12.4 Å². The minimum atomic E-state index is -0.326. The first-order valence-electron chi connectivity index (χ1n) is 19.2. The summed E-state index contributed by atoms with van der Waals surface area (Å²) in [7, 11) is 0. The number of amides is 2. The smallest absolute Gasteiger partial charge is 0.251 e. The summed E-state index contributed by atoms with van der Waals surface area (Å²) in [6, 6.07) is 15.0. The van der Waals surface area contributed by atoms with Crippen molar-refractivity contribution >= 4 is 23.8 Å². The van der Waals surface area contributed by atoms with Crippen LogP contribution in [0, 0.1) is 18.8 Å². The van der Waals surface area contributed by atoms with Gasteiger partial charge in [-0.05, 0) is 66.9 Å². The van der Waals surface area contributed by atoms with Crippen molar-refractivity contribution in [3.63, 3.8) is 0 Å². The van der Waals surface area contributed by atoms with Gasteiger partial charge in [-0.3, -0.25) is 19.4 Å². The van der Waals surface area contributed by atoms with E-state index in [0.29, 0.717) is 113 Å². The molecule has 57 heavy (non-hydrogen) atoms. The average Bonchev–Trinajstić information content (AvgIpc) is 3.88. The lowest BCUT2D eigenvalue weighted by molar-refractivity contribution is -0.0146. The second-order valence-electron chi connectivity index (χ2n) is 13.2. The van der Waals surface area contributed by atoms with Crippen molar-refractivity contribution < 1.29 is 47.9 Å². The van der Waals surface area contributed by atoms with Crippen molar-refractivity contribution in [2.24, 2.45) is 4.99 Å². The number of fused-ring (bicyclic) bond motifs is 1. The van der Waals surface area contributed by atoms with Gasteiger partial charge < -0.3 is 49.5 Å². The van der Waals surface area contributed by atoms with Crippen molar-refractivity contribution in [2.75, 3.05) is 92.4 Å². The Labute approximate surface area is 333 Å². The zero-order valence-electron chi connectivity index (χ0n) is 32.6. The Bertz CT molecular complexity index is 1890. The maximum Gasteiger partial charge on any atom is 0.251 e. The van der Waals surface area contributed by atoms with Gasteiger partial charge in [-0.2, -0.15) is 0 Å². The lowest BCUT2D eigenvalue weighted by Crippen LogP contribution is -2.51. The van der Waals surface area contributed by atoms with Gasteiger partial charge in [0.2, 0.25) is 0 Å². The maximum absolute atomic E-state index is 13.9. The number of benzene rings is 3. The molecule has 0 radical (unpaired) electrons. The van der Waals surface area contributed by atoms with Crippen LogP contribution in [0.2, 0.25) is 0 Å². The van der Waals surface area contributed by atoms with E-state index in [2.05, 4.69) is 32.8 Å². The first-order valence-corrected chi connectivity index (χ1v) is 19.2. The zero-order valence-corrected chi connectivity index (χ0v) is 32.6. The van der Waals surface area contributed by atoms with E-state index in [4.69, 9.17) is 33.5 Å². The number of aliphatic hydroxyl groups is 1. The fraction of sp³-hybridized carbons (Fsp3) is 0.442. The van der Waals surface area contributed by atoms with Crippen LogP contribution >= 0.6 is 0 Å². The van der Waals surface area contributed by atoms with E-state index in [0.717, 1.165) is 16.7 Å². The van der Waals surface area contributed by atoms with Crippen LogP contribution in [-0.2, 0) is 30.2 Å². The molecule has 0 bridgehead atoms. The molecule has 4 N–H and O–H groups in total. The third-order valence-electron chi connectivity index (χ3n) is 9.28. The first kappa shape index (κ1) is 43.1. The highest BCUT2D eigenvalue weighted by molar-refractivity contribution is 6.12. The molecule has 3 aromatic carbocycles. The minimum Gasteiger partial charge on any atom is -0.490 e. The number of ketones is 1. The molecular weight excluding hydrogens is 732 g/mol. The molecule has 304 valence electrons. The summed E-state index contributed by atoms with van der Waals surface area (Å²) in [5, 5.41) is 18.0. The van der Waals surface area contributed by atoms with Crippen LogP contribution in [-0.4, -0.2) is 133 Å². The summed E-state index contributed by atoms with van der Waals surface area (Å²) in [4.78, 5) is 44.6. The molecule has 0 spiro atoms. The van der Waals surface area contributed by atoms with Gasteiger partial charge >= 0.3 is 0 Å². The summed E-state index contributed by atoms with van der Waals surface area (Å²) < 4.78 is 33.2. The number of carbonyl (C=O) groups excluding carboxylic acids is 3. The number of nitrogens with one attached hydrogen (secondary N) is 3. The molecule has 1 fully saturated rings. The van der Waals surface area contributed by atoms with Gasteiger partial charge in [-0.15, -0.1) is 5.92 Å². The molecule has 3 aromatic rings. The monoisotopic (exact) mass is 784 g/mol. The van der Waals surface area contributed by atoms with E-state index < -0.39 is 0 Å². The van der Waals surface area contributed by atoms with Crippen molar-refractivity contribution in [1.82, 2.24) is 16.0 Å². The molecule has 2 amide bonds. The lowest BCUT2D eigenvalue weighted by Gasteiger charge is -2.21. The molecular formula is C43H52N4O10. The van der Waals surface area contributed by atoms with Gasteiger partial charge in [-0.1, -0.05) is 24.1 Å². The van der Waals surface area contributed by atoms with E-state index in [-0.39, 0.29) is 49.5 Å². The number of nitrogens with zero attached hydrogens (tertiary/aromatic N) is 1. The molecule has 2 heterocycles. The Morgan fingerprint density at radius 3 is 1.88 bits per heavy atom. The highest BCUT2D eigenvalue weighted by atomic mass is 16.6. The summed E-state index contributed by atoms with van der Waals surface area (Å²) in [5.74, 6) is 5.59. The quantitative estimate of drug-likeness (QED) is 0.0597. The van der Waals surface area contributed by atoms with Gasteiger partial charge in [0.05, 0.1) is 96.9 Å². The summed E-state index contributed by atoms with van der Waals surface area (Å²) in [6.07, 6.45) is 1.80. The van der Waals surface area contributed by atoms with E-state index >= 15 is 0 Å². The minimum absolute atomic E-state index is 0.00170. The summed E-state index contributed by atoms with van der Waals surface area (Å²) >= 11 is 0. The third-order valence-corrected chi connectivity index (χ3v) is 9.28. The Hall–Kier alpha value is -4.98. The van der Waals surface area contributed by atoms with Crippen LogP contribution in [0.3, 0.4) is 0 Å². The van der Waals surface area contributed by atoms with E-state index in [1.54, 1.807) is 49.5 Å². The Kier molecular flexibility index (Phi) is 17.6. The number of hydrogen-bond donors (Lipinski definition) is 4. The highest BCUT2D eigenvalue weighted by Crippen LogP contribution is 2.28. The third kappa shape index (κ3) is 13.0. The molecule has 2 aliphatic rings. The normalized spacial score (nSPS) is 15.5. The van der Waals surface area contributed by atoms with Crippen LogP contribution in [0.25, 0.3) is 0 Å². The SMILES string of the molecule is CC#Cc1ccc(OCCOCCOCCOCCOCCOCCO)c(C(=O)c2ccc(C(=O)N[C@@H]3CNC[C@@H]3NC(=O)c3ccc4c(c3)CN=C4)cc2)c1C. The number of ether oxygens (including phenoxy) is 6. The molecule has 14 heteroatoms. The number of carbonyl (C=O) groups is 3. The molecule has 1 saturated heterocycles. The van der Waals surface area contributed by atoms with E-state index in [1.807, 2.05) is 25.1 Å². The first-order chi connectivity index (χ1) is 27.9. The van der Waals surface area contributed by atoms with Crippen molar-refractivity contribution in [3.05, 3.63) is 99.1 Å². The van der Waals surface area contributed by atoms with Gasteiger partial charge in [0.25, 0.3) is 11.8 Å². The van der Waals surface area contributed by atoms with Crippen molar-refractivity contribution in [1.29, 1.82) is 0 Å². The van der Waals surface area contributed by atoms with E-state index in [1.165, 1.54) is 0 Å². The molecule has 0 saturated carbocycles. The fourth-order valence-corrected chi connectivity index (χ4v) is 6.27. The van der Waals surface area contributed by atoms with Crippen molar-refractivity contribution in [2.45, 2.75) is 32.5 Å². The molecule has 2 atom stereocenters. The maximum atomic E-state index is 13.9. The molecule has 14 nitrogen and oxygen atoms in total. The number of aliphatic imine (C=N–C) groups is 1. The largest absolute Gasteiger partial charge is 0.490 e. The summed E-state index contributed by atoms with van der Waals surface area (Å²) in [5.41, 5.74) is 5.17. The predicted molar refractivity (Wildman–Crippen MR) is 213 cm³/mol. The van der Waals surface area contributed by atoms with E-state index in [9.17, 15) is 14.4 Å². The molecule has 2 aliphatic heterocycles. The fourth-order valence-electron chi connectivity index (χ4n) is 6.27. The summed E-state index contributed by atoms with van der Waals surface area (Å²) in [6.45, 7) is 9.38. The van der Waals surface area contributed by atoms with Crippen molar-refractivity contribution in [3.8, 4) is 17.6 Å². The molecule has 5 rings (SSSR count). The van der Waals surface area contributed by atoms with Crippen LogP contribution in [0.1, 0.15) is 65.8 Å². The lowest BCUT2D eigenvalue weighted by atomic mass is 9.94. The van der Waals surface area contributed by atoms with Crippen LogP contribution in [0.4, 0.5) is 0 Å². The molecule has 0 aromatic heterocycles.